The number of nitrogens with one attached hydrogen (secondary N) is 6. The van der Waals surface area contributed by atoms with Gasteiger partial charge in [0.2, 0.25) is 80.9 Å². The molecule has 1 unspecified atom stereocenters. The molecule has 0 spiro atoms. The van der Waals surface area contributed by atoms with Crippen molar-refractivity contribution in [2.75, 3.05) is 74.8 Å². The maximum atomic E-state index is 15.8. The number of rotatable bonds is 23. The molecule has 2 aliphatic rings. The molecule has 2 heterocycles. The van der Waals surface area contributed by atoms with Crippen LogP contribution in [0.4, 0.5) is 0 Å². The third-order valence-electron chi connectivity index (χ3n) is 20.2. The number of amides is 13. The lowest BCUT2D eigenvalue weighted by Gasteiger charge is -2.38. The second-order valence-corrected chi connectivity index (χ2v) is 34.3. The van der Waals surface area contributed by atoms with E-state index in [0.717, 1.165) is 22.5 Å². The van der Waals surface area contributed by atoms with E-state index >= 15 is 43.2 Å². The quantitative estimate of drug-likeness (QED) is 0.0825. The molecule has 0 aliphatic carbocycles. The van der Waals surface area contributed by atoms with Crippen LogP contribution >= 0.6 is 0 Å². The molecule has 30 nitrogen and oxygen atoms in total. The number of hydrogen-bond donors (Lipinski definition) is 7. The molecule has 0 radical (unpaired) electrons. The van der Waals surface area contributed by atoms with E-state index in [0.29, 0.717) is 44.3 Å². The van der Waals surface area contributed by atoms with Gasteiger partial charge in [-0.3, -0.25) is 62.3 Å². The Bertz CT molecular complexity index is 3640. The number of methoxy groups -OCH3 is 1. The Morgan fingerprint density at radius 2 is 1.01 bits per heavy atom. The van der Waals surface area contributed by atoms with Crippen LogP contribution in [0.1, 0.15) is 189 Å². The van der Waals surface area contributed by atoms with Gasteiger partial charge in [-0.05, 0) is 123 Å². The van der Waals surface area contributed by atoms with Crippen LogP contribution in [0.15, 0.2) is 48.5 Å². The fourth-order valence-electron chi connectivity index (χ4n) is 13.9. The molecule has 2 aliphatic heterocycles. The number of carbonyl (C=O) groups is 13. The summed E-state index contributed by atoms with van der Waals surface area (Å²) in [6.45, 7) is 24.6. The Kier molecular flexibility index (Phi) is 37.4. The van der Waals surface area contributed by atoms with Crippen LogP contribution in [0.3, 0.4) is 0 Å². The fourth-order valence-corrected chi connectivity index (χ4v) is 14.4. The lowest BCUT2D eigenvalue weighted by atomic mass is 9.96. The standard InChI is InChI=1S/C80H129N13O17S/c1-22-23-34-93-46-67(96)87(15)60(38-48(4)5)71(98)82-58(42-55-32-33-56(65(44-55)110-20)70(97)86-111(21,108)109)76(103)91(19)64(41-51(10)11)78(105)89(17)61(39-49(6)7)72(99)83-59(77(104)92-35-28-25-29-36-92)45-66(95)81-57(37-47(2)3)75(102)88(16)63(43-54-30-26-24-27-31-54)74(101)84-68(52(12)13)79(106)90(18)62(40-50(8)9)73(100)85-69(53(14)94)80(93)107/h24,26-27,30-33,44,47-53,57-64,68-69,94H,22-23,25,28-29,34-43,45-46H2,1-21H3,(H,81,95)(H,82,98)(H,83,99)(H,84,101)(H,85,100)(H,86,97)/t53-,57-,58+,59+,60+,61+,62+,63?,64+,68+,69+/m1/s1. The minimum absolute atomic E-state index is 0.00674. The fraction of sp³-hybridized carbons (Fsp3) is 0.688. The van der Waals surface area contributed by atoms with Gasteiger partial charge in [0.1, 0.15) is 66.2 Å². The summed E-state index contributed by atoms with van der Waals surface area (Å²) in [7, 11) is 4.08. The molecule has 7 N–H and O–H groups in total. The number of ether oxygens (including phenoxy) is 1. The second-order valence-electron chi connectivity index (χ2n) is 32.6. The van der Waals surface area contributed by atoms with Crippen molar-refractivity contribution in [3.63, 3.8) is 0 Å². The SMILES string of the molecule is CCCCN1CC(=O)N(C)[C@@H](CC(C)C)C(=O)N[C@@H](Cc2ccc(C(=O)NS(C)(=O)=O)c(OC)c2)C(=O)N(C)[C@@H](CC(C)C)C(=O)N(C)[C@@H](CC(C)C)C(=O)N[C@H](C(=O)N2CCCCC2)CC(=O)N[C@H](CC(C)C)C(=O)N(C)C(Cc2ccccc2)C(=O)N[C@@H](C(C)C)C(=O)N(C)[C@@H](CC(C)C)C(=O)N[C@@H]([C@@H](C)O)C1=O. The van der Waals surface area contributed by atoms with Crippen LogP contribution in [-0.4, -0.2) is 266 Å². The van der Waals surface area contributed by atoms with Crippen molar-refractivity contribution in [1.29, 1.82) is 0 Å². The molecule has 0 bridgehead atoms. The first-order valence-electron chi connectivity index (χ1n) is 39.2. The third kappa shape index (κ3) is 28.5. The highest BCUT2D eigenvalue weighted by molar-refractivity contribution is 7.89. The molecule has 31 heteroatoms. The van der Waals surface area contributed by atoms with Gasteiger partial charge in [-0.2, -0.15) is 0 Å². The topological polar surface area (TPSA) is 380 Å². The minimum atomic E-state index is -4.06. The van der Waals surface area contributed by atoms with Crippen LogP contribution in [0.25, 0.3) is 0 Å². The van der Waals surface area contributed by atoms with Crippen LogP contribution in [-0.2, 0) is 80.4 Å². The van der Waals surface area contributed by atoms with Crippen molar-refractivity contribution >= 4 is 86.8 Å². The molecule has 4 rings (SSSR count). The van der Waals surface area contributed by atoms with E-state index in [1.165, 1.54) is 87.1 Å². The van der Waals surface area contributed by atoms with Crippen molar-refractivity contribution in [3.05, 3.63) is 65.2 Å². The Balaban J connectivity index is 2.08. The highest BCUT2D eigenvalue weighted by Crippen LogP contribution is 2.27. The van der Waals surface area contributed by atoms with Gasteiger partial charge in [0, 0.05) is 67.7 Å². The summed E-state index contributed by atoms with van der Waals surface area (Å²) in [5, 5.41) is 25.7. The molecule has 2 saturated heterocycles. The molecule has 11 atom stereocenters. The van der Waals surface area contributed by atoms with Gasteiger partial charge in [0.15, 0.2) is 0 Å². The average molecular weight is 1580 g/mol. The Labute approximate surface area is 658 Å². The van der Waals surface area contributed by atoms with Crippen LogP contribution in [0.5, 0.6) is 5.75 Å². The first kappa shape index (κ1) is 94.6. The van der Waals surface area contributed by atoms with Crippen molar-refractivity contribution < 1.29 is 80.6 Å². The summed E-state index contributed by atoms with van der Waals surface area (Å²) in [5.74, 6) is -12.5. The molecule has 111 heavy (non-hydrogen) atoms. The largest absolute Gasteiger partial charge is 0.496 e. The number of aliphatic hydroxyl groups is 1. The molecule has 622 valence electrons. The van der Waals surface area contributed by atoms with Gasteiger partial charge < -0.3 is 70.7 Å². The number of sulfonamides is 1. The van der Waals surface area contributed by atoms with Crippen molar-refractivity contribution in [3.8, 4) is 5.75 Å². The Morgan fingerprint density at radius 3 is 1.52 bits per heavy atom. The maximum Gasteiger partial charge on any atom is 0.268 e. The summed E-state index contributed by atoms with van der Waals surface area (Å²) in [5.41, 5.74) is 0.703. The van der Waals surface area contributed by atoms with E-state index < -0.39 is 172 Å². The zero-order valence-corrected chi connectivity index (χ0v) is 70.3. The van der Waals surface area contributed by atoms with Gasteiger partial charge in [-0.25, -0.2) is 13.1 Å². The lowest BCUT2D eigenvalue weighted by Crippen LogP contribution is -2.62. The summed E-state index contributed by atoms with van der Waals surface area (Å²) in [6.07, 6.45) is 1.10. The summed E-state index contributed by atoms with van der Waals surface area (Å²) >= 11 is 0. The summed E-state index contributed by atoms with van der Waals surface area (Å²) in [4.78, 5) is 205. The van der Waals surface area contributed by atoms with Crippen LogP contribution in [0, 0.1) is 35.5 Å². The van der Waals surface area contributed by atoms with E-state index in [1.807, 2.05) is 67.0 Å². The predicted molar refractivity (Wildman–Crippen MR) is 422 cm³/mol. The first-order valence-corrected chi connectivity index (χ1v) is 41.0. The first-order chi connectivity index (χ1) is 51.8. The summed E-state index contributed by atoms with van der Waals surface area (Å²) < 4.78 is 31.9. The predicted octanol–water partition coefficient (Wildman–Crippen LogP) is 4.04. The van der Waals surface area contributed by atoms with E-state index in [4.69, 9.17) is 4.74 Å². The number of aliphatic hydroxyl groups excluding tert-OH is 1. The minimum Gasteiger partial charge on any atom is -0.496 e. The molecule has 0 saturated carbocycles. The number of unbranched alkanes of at least 4 members (excludes halogenated alkanes) is 1. The summed E-state index contributed by atoms with van der Waals surface area (Å²) in [6, 6.07) is -1.39. The zero-order chi connectivity index (χ0) is 83.8. The van der Waals surface area contributed by atoms with Gasteiger partial charge >= 0.3 is 0 Å². The van der Waals surface area contributed by atoms with Gasteiger partial charge in [-0.1, -0.05) is 133 Å². The van der Waals surface area contributed by atoms with Gasteiger partial charge in [0.25, 0.3) is 5.91 Å². The van der Waals surface area contributed by atoms with Crippen LogP contribution < -0.4 is 36.0 Å². The number of nitrogens with zero attached hydrogens (tertiary/aromatic N) is 7. The van der Waals surface area contributed by atoms with E-state index in [-0.39, 0.29) is 98.0 Å². The average Bonchev–Trinajstić information content (AvgIpc) is 0.813. The van der Waals surface area contributed by atoms with Gasteiger partial charge in [0.05, 0.1) is 38.0 Å². The lowest BCUT2D eigenvalue weighted by molar-refractivity contribution is -0.151. The highest BCUT2D eigenvalue weighted by atomic mass is 32.2. The smallest absolute Gasteiger partial charge is 0.268 e. The molecule has 13 amide bonds. The Morgan fingerprint density at radius 1 is 0.532 bits per heavy atom. The zero-order valence-electron chi connectivity index (χ0n) is 69.5. The number of benzene rings is 2. The molecule has 2 aromatic rings. The van der Waals surface area contributed by atoms with Crippen molar-refractivity contribution in [2.24, 2.45) is 35.5 Å². The van der Waals surface area contributed by atoms with E-state index in [9.17, 15) is 32.7 Å². The molecule has 2 aromatic carbocycles. The van der Waals surface area contributed by atoms with Crippen LogP contribution in [0.2, 0.25) is 0 Å². The second kappa shape index (κ2) is 43.9. The molecule has 0 aromatic heterocycles. The monoisotopic (exact) mass is 1580 g/mol. The number of piperidine rings is 1. The third-order valence-corrected chi connectivity index (χ3v) is 20.8. The number of carbonyl (C=O) groups excluding carboxylic acids is 13. The number of hydrogen-bond acceptors (Lipinski definition) is 17. The normalized spacial score (nSPS) is 23.8. The van der Waals surface area contributed by atoms with Crippen molar-refractivity contribution in [2.45, 2.75) is 247 Å². The molecular formula is C80H129N13O17S. The number of likely N-dealkylation sites (N-methyl/N-ethyl adjacent to an activating group) is 5. The van der Waals surface area contributed by atoms with E-state index in [2.05, 4.69) is 26.6 Å². The molecule has 2 fully saturated rings. The number of likely N-dealkylation sites (tertiary alicyclic amines) is 1. The molecular weight excluding hydrogens is 1450 g/mol. The van der Waals surface area contributed by atoms with E-state index in [1.54, 1.807) is 62.9 Å². The highest BCUT2D eigenvalue weighted by Gasteiger charge is 2.44. The Hall–Kier alpha value is -8.74. The van der Waals surface area contributed by atoms with Gasteiger partial charge in [-0.15, -0.1) is 0 Å². The maximum absolute atomic E-state index is 15.8. The van der Waals surface area contributed by atoms with Crippen molar-refractivity contribution in [1.82, 2.24) is 65.6 Å².